The highest BCUT2D eigenvalue weighted by Gasteiger charge is 2.25. The van der Waals surface area contributed by atoms with Crippen LogP contribution < -0.4 is 16.3 Å². The Bertz CT molecular complexity index is 833. The summed E-state index contributed by atoms with van der Waals surface area (Å²) in [5.41, 5.74) is -1.36. The van der Waals surface area contributed by atoms with Crippen molar-refractivity contribution in [1.82, 2.24) is 14.9 Å². The second kappa shape index (κ2) is 14.1. The van der Waals surface area contributed by atoms with Crippen LogP contribution in [-0.4, -0.2) is 52.6 Å². The minimum atomic E-state index is -1.00. The lowest BCUT2D eigenvalue weighted by atomic mass is 10.2. The number of amides is 2. The molecule has 0 spiro atoms. The molecule has 11 heteroatoms. The summed E-state index contributed by atoms with van der Waals surface area (Å²) in [6, 6.07) is 0.438. The van der Waals surface area contributed by atoms with Crippen molar-refractivity contribution >= 4 is 24.0 Å². The Morgan fingerprint density at radius 2 is 1.70 bits per heavy atom. The molecule has 33 heavy (non-hydrogen) atoms. The van der Waals surface area contributed by atoms with Gasteiger partial charge < -0.3 is 19.5 Å². The van der Waals surface area contributed by atoms with E-state index < -0.39 is 35.5 Å². The SMILES string of the molecule is CCCCOC(=O)Nc1ccn(CC[C@H](NC(=O)OC(C)(C)C)C(=O)OCCCC)c(=O)n1. The fraction of sp³-hybridized carbons (Fsp3) is 0.682. The number of nitrogens with one attached hydrogen (secondary N) is 2. The Balaban J connectivity index is 2.77. The van der Waals surface area contributed by atoms with Crippen LogP contribution in [0.4, 0.5) is 15.4 Å². The number of aryl methyl sites for hydroxylation is 1. The van der Waals surface area contributed by atoms with Crippen LogP contribution in [0.3, 0.4) is 0 Å². The first-order valence-corrected chi connectivity index (χ1v) is 11.2. The number of hydrogen-bond donors (Lipinski definition) is 2. The van der Waals surface area contributed by atoms with Gasteiger partial charge in [-0.05, 0) is 46.1 Å². The predicted molar refractivity (Wildman–Crippen MR) is 122 cm³/mol. The van der Waals surface area contributed by atoms with E-state index >= 15 is 0 Å². The van der Waals surface area contributed by atoms with Crippen molar-refractivity contribution in [2.45, 2.75) is 84.9 Å². The summed E-state index contributed by atoms with van der Waals surface area (Å²) in [6.07, 6.45) is 3.24. The molecule has 0 aliphatic rings. The maximum Gasteiger partial charge on any atom is 0.412 e. The van der Waals surface area contributed by atoms with Gasteiger partial charge in [0.15, 0.2) is 0 Å². The van der Waals surface area contributed by atoms with E-state index in [0.717, 1.165) is 19.3 Å². The normalized spacial score (nSPS) is 11.9. The monoisotopic (exact) mass is 468 g/mol. The van der Waals surface area contributed by atoms with Crippen molar-refractivity contribution in [3.05, 3.63) is 22.7 Å². The summed E-state index contributed by atoms with van der Waals surface area (Å²) in [5.74, 6) is -0.552. The van der Waals surface area contributed by atoms with Crippen LogP contribution in [0.25, 0.3) is 0 Å². The second-order valence-electron chi connectivity index (χ2n) is 8.41. The molecule has 2 amide bonds. The van der Waals surface area contributed by atoms with Gasteiger partial charge in [-0.25, -0.2) is 19.2 Å². The molecule has 1 atom stereocenters. The van der Waals surface area contributed by atoms with E-state index in [1.165, 1.54) is 16.8 Å². The number of ether oxygens (including phenoxy) is 3. The van der Waals surface area contributed by atoms with Crippen LogP contribution >= 0.6 is 0 Å². The minimum absolute atomic E-state index is 0.0557. The van der Waals surface area contributed by atoms with Gasteiger partial charge in [-0.15, -0.1) is 0 Å². The van der Waals surface area contributed by atoms with E-state index in [9.17, 15) is 19.2 Å². The van der Waals surface area contributed by atoms with E-state index in [-0.39, 0.29) is 32.0 Å². The second-order valence-corrected chi connectivity index (χ2v) is 8.41. The Hall–Kier alpha value is -3.11. The number of carbonyl (C=O) groups is 3. The van der Waals surface area contributed by atoms with Crippen molar-refractivity contribution in [2.75, 3.05) is 18.5 Å². The first-order valence-electron chi connectivity index (χ1n) is 11.2. The van der Waals surface area contributed by atoms with Gasteiger partial charge >= 0.3 is 23.8 Å². The third-order valence-electron chi connectivity index (χ3n) is 4.21. The number of rotatable bonds is 12. The van der Waals surface area contributed by atoms with E-state index in [1.54, 1.807) is 20.8 Å². The maximum absolute atomic E-state index is 12.5. The Morgan fingerprint density at radius 1 is 1.06 bits per heavy atom. The van der Waals surface area contributed by atoms with Crippen molar-refractivity contribution in [3.63, 3.8) is 0 Å². The molecule has 2 N–H and O–H groups in total. The van der Waals surface area contributed by atoms with Crippen molar-refractivity contribution < 1.29 is 28.6 Å². The lowest BCUT2D eigenvalue weighted by Crippen LogP contribution is -2.45. The Morgan fingerprint density at radius 3 is 2.27 bits per heavy atom. The number of hydrogen-bond acceptors (Lipinski definition) is 8. The average molecular weight is 469 g/mol. The van der Waals surface area contributed by atoms with Gasteiger partial charge in [-0.1, -0.05) is 26.7 Å². The van der Waals surface area contributed by atoms with Gasteiger partial charge in [0.2, 0.25) is 0 Å². The number of unbranched alkanes of at least 4 members (excludes halogenated alkanes) is 2. The first-order chi connectivity index (χ1) is 15.6. The fourth-order valence-corrected chi connectivity index (χ4v) is 2.50. The molecule has 0 aliphatic carbocycles. The van der Waals surface area contributed by atoms with E-state index in [4.69, 9.17) is 14.2 Å². The molecule has 1 aromatic rings. The number of anilines is 1. The largest absolute Gasteiger partial charge is 0.464 e. The molecular formula is C22H36N4O7. The lowest BCUT2D eigenvalue weighted by molar-refractivity contribution is -0.146. The highest BCUT2D eigenvalue weighted by molar-refractivity contribution is 5.83. The molecular weight excluding hydrogens is 432 g/mol. The minimum Gasteiger partial charge on any atom is -0.464 e. The molecule has 0 fully saturated rings. The van der Waals surface area contributed by atoms with Crippen molar-refractivity contribution in [1.29, 1.82) is 0 Å². The summed E-state index contributed by atoms with van der Waals surface area (Å²) in [5, 5.41) is 4.90. The summed E-state index contributed by atoms with van der Waals surface area (Å²) < 4.78 is 16.7. The zero-order valence-electron chi connectivity index (χ0n) is 20.1. The molecule has 0 aromatic carbocycles. The van der Waals surface area contributed by atoms with Gasteiger partial charge in [-0.2, -0.15) is 4.98 Å². The molecule has 1 rings (SSSR count). The molecule has 0 unspecified atom stereocenters. The molecule has 0 radical (unpaired) electrons. The summed E-state index contributed by atoms with van der Waals surface area (Å²) >= 11 is 0. The summed E-state index contributed by atoms with van der Waals surface area (Å²) in [4.78, 5) is 52.4. The average Bonchev–Trinajstić information content (AvgIpc) is 2.71. The molecule has 11 nitrogen and oxygen atoms in total. The molecule has 0 bridgehead atoms. The van der Waals surface area contributed by atoms with Gasteiger partial charge in [0.05, 0.1) is 13.2 Å². The zero-order chi connectivity index (χ0) is 24.9. The topological polar surface area (TPSA) is 138 Å². The summed E-state index contributed by atoms with van der Waals surface area (Å²) in [6.45, 7) is 9.66. The highest BCUT2D eigenvalue weighted by atomic mass is 16.6. The molecule has 1 heterocycles. The number of nitrogens with zero attached hydrogens (tertiary/aromatic N) is 2. The quantitative estimate of drug-likeness (QED) is 0.271. The molecule has 0 saturated heterocycles. The van der Waals surface area contributed by atoms with Crippen molar-refractivity contribution in [3.8, 4) is 0 Å². The molecule has 0 saturated carbocycles. The summed E-state index contributed by atoms with van der Waals surface area (Å²) in [7, 11) is 0. The standard InChI is InChI=1S/C22H36N4O7/c1-6-8-14-31-18(27)16(23-21(30)33-22(3,4)5)10-12-26-13-11-17(24-19(26)28)25-20(29)32-15-9-7-2/h11,13,16H,6-10,12,14-15H2,1-5H3,(H,23,30)(H,24,25,28,29)/t16-/m0/s1. The number of esters is 1. The smallest absolute Gasteiger partial charge is 0.412 e. The molecule has 1 aromatic heterocycles. The highest BCUT2D eigenvalue weighted by Crippen LogP contribution is 2.09. The van der Waals surface area contributed by atoms with Crippen LogP contribution in [0, 0.1) is 0 Å². The van der Waals surface area contributed by atoms with Crippen LogP contribution in [0.5, 0.6) is 0 Å². The third-order valence-corrected chi connectivity index (χ3v) is 4.21. The van der Waals surface area contributed by atoms with Crippen LogP contribution in [0.1, 0.15) is 66.7 Å². The zero-order valence-corrected chi connectivity index (χ0v) is 20.1. The van der Waals surface area contributed by atoms with E-state index in [2.05, 4.69) is 15.6 Å². The lowest BCUT2D eigenvalue weighted by Gasteiger charge is -2.23. The Kier molecular flexibility index (Phi) is 12.0. The fourth-order valence-electron chi connectivity index (χ4n) is 2.50. The third kappa shape index (κ3) is 11.9. The van der Waals surface area contributed by atoms with Crippen LogP contribution in [0.2, 0.25) is 0 Å². The van der Waals surface area contributed by atoms with E-state index in [0.29, 0.717) is 6.42 Å². The van der Waals surface area contributed by atoms with Crippen LogP contribution in [0.15, 0.2) is 17.1 Å². The van der Waals surface area contributed by atoms with Gasteiger partial charge in [0.1, 0.15) is 17.5 Å². The number of aromatic nitrogens is 2. The molecule has 0 aliphatic heterocycles. The first kappa shape index (κ1) is 27.9. The van der Waals surface area contributed by atoms with Gasteiger partial charge in [0.25, 0.3) is 0 Å². The number of carbonyl (C=O) groups excluding carboxylic acids is 3. The van der Waals surface area contributed by atoms with Gasteiger partial charge in [0, 0.05) is 12.7 Å². The predicted octanol–water partition coefficient (Wildman–Crippen LogP) is 3.22. The number of alkyl carbamates (subject to hydrolysis) is 1. The van der Waals surface area contributed by atoms with Crippen LogP contribution in [-0.2, 0) is 25.5 Å². The van der Waals surface area contributed by atoms with Gasteiger partial charge in [-0.3, -0.25) is 9.88 Å². The molecule has 186 valence electrons. The maximum atomic E-state index is 12.5. The Labute approximate surface area is 194 Å². The van der Waals surface area contributed by atoms with E-state index in [1.807, 2.05) is 13.8 Å². The van der Waals surface area contributed by atoms with Crippen molar-refractivity contribution in [2.24, 2.45) is 0 Å².